The zero-order valence-electron chi connectivity index (χ0n) is 11.8. The Hall–Kier alpha value is -2.56. The third-order valence-corrected chi connectivity index (χ3v) is 3.79. The molecule has 5 heteroatoms. The van der Waals surface area contributed by atoms with E-state index in [2.05, 4.69) is 16.4 Å². The van der Waals surface area contributed by atoms with E-state index in [9.17, 15) is 4.79 Å². The number of aryl methyl sites for hydroxylation is 1. The van der Waals surface area contributed by atoms with Crippen molar-refractivity contribution in [2.45, 2.75) is 19.3 Å². The van der Waals surface area contributed by atoms with Gasteiger partial charge in [0.15, 0.2) is 0 Å². The van der Waals surface area contributed by atoms with Crippen molar-refractivity contribution in [3.63, 3.8) is 0 Å². The molecule has 0 radical (unpaired) electrons. The molecule has 2 aromatic rings. The maximum Gasteiger partial charge on any atom is 0.316 e. The van der Waals surface area contributed by atoms with Gasteiger partial charge in [0, 0.05) is 17.8 Å². The molecule has 1 aliphatic carbocycles. The van der Waals surface area contributed by atoms with Crippen LogP contribution < -0.4 is 15.8 Å². The predicted octanol–water partition coefficient (Wildman–Crippen LogP) is 2.74. The highest BCUT2D eigenvalue weighted by atomic mass is 16.5. The zero-order valence-corrected chi connectivity index (χ0v) is 11.8. The van der Waals surface area contributed by atoms with Gasteiger partial charge in [-0.25, -0.2) is 9.78 Å². The fourth-order valence-electron chi connectivity index (χ4n) is 2.86. The molecule has 3 rings (SSSR count). The summed E-state index contributed by atoms with van der Waals surface area (Å²) in [5.41, 5.74) is 10.5. The maximum atomic E-state index is 11.3. The Bertz CT molecular complexity index is 698. The van der Waals surface area contributed by atoms with Gasteiger partial charge in [-0.3, -0.25) is 0 Å². The molecule has 21 heavy (non-hydrogen) atoms. The summed E-state index contributed by atoms with van der Waals surface area (Å²) in [5.74, 6) is 0.540. The molecule has 1 aliphatic rings. The van der Waals surface area contributed by atoms with Crippen molar-refractivity contribution in [3.05, 3.63) is 41.6 Å². The Morgan fingerprint density at radius 2 is 2.19 bits per heavy atom. The van der Waals surface area contributed by atoms with Gasteiger partial charge in [-0.05, 0) is 42.0 Å². The van der Waals surface area contributed by atoms with Gasteiger partial charge < -0.3 is 15.8 Å². The minimum absolute atomic E-state index is 0.540. The number of fused-ring (bicyclic) bond motifs is 1. The van der Waals surface area contributed by atoms with Crippen LogP contribution in [0.5, 0.6) is 5.88 Å². The number of amides is 2. The first-order valence-electron chi connectivity index (χ1n) is 6.90. The number of benzene rings is 1. The smallest absolute Gasteiger partial charge is 0.316 e. The van der Waals surface area contributed by atoms with E-state index in [0.717, 1.165) is 36.1 Å². The van der Waals surface area contributed by atoms with Crippen LogP contribution in [0.2, 0.25) is 0 Å². The fourth-order valence-corrected chi connectivity index (χ4v) is 2.86. The highest BCUT2D eigenvalue weighted by molar-refractivity contribution is 5.95. The number of ether oxygens (including phenoxy) is 1. The molecular weight excluding hydrogens is 266 g/mol. The second-order valence-corrected chi connectivity index (χ2v) is 5.06. The molecule has 0 fully saturated rings. The third-order valence-electron chi connectivity index (χ3n) is 3.79. The number of methoxy groups -OCH3 is 1. The Kier molecular flexibility index (Phi) is 3.48. The van der Waals surface area contributed by atoms with Gasteiger partial charge in [0.05, 0.1) is 12.8 Å². The maximum absolute atomic E-state index is 11.3. The first-order valence-corrected chi connectivity index (χ1v) is 6.90. The topological polar surface area (TPSA) is 77.2 Å². The second-order valence-electron chi connectivity index (χ2n) is 5.06. The van der Waals surface area contributed by atoms with Crippen LogP contribution in [0.4, 0.5) is 10.5 Å². The number of pyridine rings is 1. The molecule has 0 saturated heterocycles. The van der Waals surface area contributed by atoms with Crippen molar-refractivity contribution in [1.29, 1.82) is 0 Å². The van der Waals surface area contributed by atoms with Crippen LogP contribution >= 0.6 is 0 Å². The third kappa shape index (κ3) is 2.54. The molecule has 1 aromatic heterocycles. The summed E-state index contributed by atoms with van der Waals surface area (Å²) >= 11 is 0. The summed E-state index contributed by atoms with van der Waals surface area (Å²) in [6.45, 7) is 0. The lowest BCUT2D eigenvalue weighted by Crippen LogP contribution is -2.20. The molecule has 108 valence electrons. The summed E-state index contributed by atoms with van der Waals surface area (Å²) in [4.78, 5) is 15.5. The number of nitrogens with zero attached hydrogens (tertiary/aromatic N) is 1. The van der Waals surface area contributed by atoms with Gasteiger partial charge in [0.25, 0.3) is 0 Å². The monoisotopic (exact) mass is 283 g/mol. The minimum atomic E-state index is -0.544. The van der Waals surface area contributed by atoms with Gasteiger partial charge in [-0.2, -0.15) is 0 Å². The molecule has 1 heterocycles. The molecule has 2 amide bonds. The number of hydrogen-bond acceptors (Lipinski definition) is 3. The van der Waals surface area contributed by atoms with Gasteiger partial charge >= 0.3 is 6.03 Å². The van der Waals surface area contributed by atoms with Crippen molar-refractivity contribution < 1.29 is 9.53 Å². The Labute approximate surface area is 123 Å². The van der Waals surface area contributed by atoms with E-state index in [1.165, 1.54) is 11.1 Å². The van der Waals surface area contributed by atoms with Gasteiger partial charge in [-0.15, -0.1) is 0 Å². The van der Waals surface area contributed by atoms with Crippen LogP contribution in [0.15, 0.2) is 30.5 Å². The number of rotatable bonds is 3. The van der Waals surface area contributed by atoms with Crippen molar-refractivity contribution in [2.24, 2.45) is 5.73 Å². The van der Waals surface area contributed by atoms with Crippen molar-refractivity contribution in [3.8, 4) is 17.0 Å². The average Bonchev–Trinajstić information content (AvgIpc) is 2.96. The van der Waals surface area contributed by atoms with Crippen molar-refractivity contribution in [1.82, 2.24) is 4.98 Å². The Morgan fingerprint density at radius 3 is 2.95 bits per heavy atom. The SMILES string of the molecule is COc1cc(-c2ccc3c(c2NC(N)=O)CCC3)ccn1. The van der Waals surface area contributed by atoms with Crippen molar-refractivity contribution >= 4 is 11.7 Å². The molecule has 0 spiro atoms. The van der Waals surface area contributed by atoms with E-state index in [1.807, 2.05) is 18.2 Å². The summed E-state index contributed by atoms with van der Waals surface area (Å²) < 4.78 is 5.17. The van der Waals surface area contributed by atoms with E-state index >= 15 is 0 Å². The molecule has 0 bridgehead atoms. The van der Waals surface area contributed by atoms with E-state index < -0.39 is 6.03 Å². The van der Waals surface area contributed by atoms with E-state index in [1.54, 1.807) is 13.3 Å². The normalized spacial score (nSPS) is 12.8. The summed E-state index contributed by atoms with van der Waals surface area (Å²) in [6.07, 6.45) is 4.80. The fraction of sp³-hybridized carbons (Fsp3) is 0.250. The number of anilines is 1. The first kappa shape index (κ1) is 13.4. The lowest BCUT2D eigenvalue weighted by atomic mass is 9.98. The predicted molar refractivity (Wildman–Crippen MR) is 81.5 cm³/mol. The minimum Gasteiger partial charge on any atom is -0.481 e. The number of nitrogens with two attached hydrogens (primary N) is 1. The number of carbonyl (C=O) groups is 1. The van der Waals surface area contributed by atoms with E-state index in [0.29, 0.717) is 5.88 Å². The number of carbonyl (C=O) groups excluding carboxylic acids is 1. The summed E-state index contributed by atoms with van der Waals surface area (Å²) in [5, 5.41) is 2.79. The number of urea groups is 1. The molecule has 3 N–H and O–H groups in total. The van der Waals surface area contributed by atoms with Gasteiger partial charge in [-0.1, -0.05) is 12.1 Å². The Balaban J connectivity index is 2.15. The summed E-state index contributed by atoms with van der Waals surface area (Å²) in [7, 11) is 1.58. The largest absolute Gasteiger partial charge is 0.481 e. The second kappa shape index (κ2) is 5.44. The van der Waals surface area contributed by atoms with E-state index in [4.69, 9.17) is 10.5 Å². The number of aromatic nitrogens is 1. The standard InChI is InChI=1S/C16H17N3O2/c1-21-14-9-11(7-8-18-14)13-6-5-10-3-2-4-12(10)15(13)19-16(17)20/h5-9H,2-4H2,1H3,(H3,17,19,20). The molecule has 5 nitrogen and oxygen atoms in total. The molecule has 0 saturated carbocycles. The van der Waals surface area contributed by atoms with Crippen LogP contribution in [0, 0.1) is 0 Å². The number of hydrogen-bond donors (Lipinski definition) is 2. The van der Waals surface area contributed by atoms with Crippen LogP contribution in [-0.4, -0.2) is 18.1 Å². The lowest BCUT2D eigenvalue weighted by molar-refractivity contribution is 0.259. The van der Waals surface area contributed by atoms with E-state index in [-0.39, 0.29) is 0 Å². The van der Waals surface area contributed by atoms with Crippen LogP contribution in [0.3, 0.4) is 0 Å². The molecule has 1 aromatic carbocycles. The molecule has 0 unspecified atom stereocenters. The number of nitrogens with one attached hydrogen (secondary N) is 1. The highest BCUT2D eigenvalue weighted by Crippen LogP contribution is 2.37. The number of primary amides is 1. The Morgan fingerprint density at radius 1 is 1.33 bits per heavy atom. The van der Waals surface area contributed by atoms with Crippen molar-refractivity contribution in [2.75, 3.05) is 12.4 Å². The lowest BCUT2D eigenvalue weighted by Gasteiger charge is -2.15. The van der Waals surface area contributed by atoms with Crippen LogP contribution in [0.1, 0.15) is 17.5 Å². The van der Waals surface area contributed by atoms with Gasteiger partial charge in [0.2, 0.25) is 5.88 Å². The average molecular weight is 283 g/mol. The molecule has 0 atom stereocenters. The van der Waals surface area contributed by atoms with Gasteiger partial charge in [0.1, 0.15) is 0 Å². The first-order chi connectivity index (χ1) is 10.2. The quantitative estimate of drug-likeness (QED) is 0.909. The summed E-state index contributed by atoms with van der Waals surface area (Å²) in [6, 6.07) is 7.34. The molecule has 0 aliphatic heterocycles. The van der Waals surface area contributed by atoms with Crippen LogP contribution in [-0.2, 0) is 12.8 Å². The van der Waals surface area contributed by atoms with Crippen LogP contribution in [0.25, 0.3) is 11.1 Å². The zero-order chi connectivity index (χ0) is 14.8. The molecular formula is C16H17N3O2. The highest BCUT2D eigenvalue weighted by Gasteiger charge is 2.19.